The molecule has 0 aliphatic carbocycles. The summed E-state index contributed by atoms with van der Waals surface area (Å²) in [6.07, 6.45) is 4.35. The number of hydrogen-bond donors (Lipinski definition) is 0. The Morgan fingerprint density at radius 1 is 0.453 bits per heavy atom. The molecule has 3 heteroatoms. The maximum Gasteiger partial charge on any atom is 0.130 e. The van der Waals surface area contributed by atoms with Gasteiger partial charge in [-0.15, -0.1) is 0 Å². The number of benzene rings is 8. The Morgan fingerprint density at radius 3 is 1.53 bits per heavy atom. The van der Waals surface area contributed by atoms with Crippen molar-refractivity contribution in [2.24, 2.45) is 0 Å². The number of fused-ring (bicyclic) bond motifs is 2. The van der Waals surface area contributed by atoms with Crippen molar-refractivity contribution in [3.8, 4) is 11.5 Å². The van der Waals surface area contributed by atoms with Gasteiger partial charge in [-0.25, -0.2) is 0 Å². The van der Waals surface area contributed by atoms with Gasteiger partial charge in [0.2, 0.25) is 0 Å². The lowest BCUT2D eigenvalue weighted by molar-refractivity contribution is 0.132. The highest BCUT2D eigenvalue weighted by atomic mass is 16.5. The molecule has 0 radical (unpaired) electrons. The fourth-order valence-corrected chi connectivity index (χ4v) is 7.48. The average molecular weight is 694 g/mol. The highest BCUT2D eigenvalue weighted by molar-refractivity contribution is 6.36. The van der Waals surface area contributed by atoms with Crippen molar-refractivity contribution in [3.05, 3.63) is 150 Å². The van der Waals surface area contributed by atoms with Gasteiger partial charge in [-0.05, 0) is 113 Å². The third-order valence-corrected chi connectivity index (χ3v) is 9.71. The second-order valence-electron chi connectivity index (χ2n) is 16.3. The summed E-state index contributed by atoms with van der Waals surface area (Å²) in [6, 6.07) is 46.2. The van der Waals surface area contributed by atoms with E-state index in [4.69, 9.17) is 9.47 Å². The maximum atomic E-state index is 6.99. The molecule has 0 spiro atoms. The summed E-state index contributed by atoms with van der Waals surface area (Å²) in [5.41, 5.74) is 7.22. The van der Waals surface area contributed by atoms with Gasteiger partial charge in [0.1, 0.15) is 22.7 Å². The van der Waals surface area contributed by atoms with Crippen LogP contribution >= 0.6 is 0 Å². The molecule has 0 atom stereocenters. The van der Waals surface area contributed by atoms with E-state index >= 15 is 0 Å². The second-order valence-corrected chi connectivity index (χ2v) is 16.3. The molecule has 0 unspecified atom stereocenters. The van der Waals surface area contributed by atoms with Crippen LogP contribution in [0.25, 0.3) is 55.2 Å². The summed E-state index contributed by atoms with van der Waals surface area (Å²) in [5.74, 6) is 1.76. The van der Waals surface area contributed by atoms with Crippen molar-refractivity contribution in [2.45, 2.75) is 66.6 Å². The molecule has 3 nitrogen and oxygen atoms in total. The fraction of sp³-hybridized carbons (Fsp3) is 0.200. The van der Waals surface area contributed by atoms with E-state index in [0.717, 1.165) is 61.1 Å². The van der Waals surface area contributed by atoms with Crippen LogP contribution in [0.15, 0.2) is 127 Å². The van der Waals surface area contributed by atoms with E-state index in [0.29, 0.717) is 0 Å². The molecule has 0 aliphatic rings. The Morgan fingerprint density at radius 2 is 0.925 bits per heavy atom. The van der Waals surface area contributed by atoms with E-state index in [9.17, 15) is 0 Å². The van der Waals surface area contributed by atoms with Gasteiger partial charge in [0.05, 0.1) is 5.69 Å². The lowest BCUT2D eigenvalue weighted by Crippen LogP contribution is -2.23. The van der Waals surface area contributed by atoms with Crippen LogP contribution in [0.3, 0.4) is 0 Å². The Bertz CT molecular complexity index is 2620. The van der Waals surface area contributed by atoms with Crippen LogP contribution in [0.2, 0.25) is 0 Å². The highest BCUT2D eigenvalue weighted by Crippen LogP contribution is 2.52. The quantitative estimate of drug-likeness (QED) is 0.0942. The van der Waals surface area contributed by atoms with E-state index < -0.39 is 5.60 Å². The number of anilines is 3. The van der Waals surface area contributed by atoms with Crippen molar-refractivity contribution >= 4 is 72.3 Å². The summed E-state index contributed by atoms with van der Waals surface area (Å²) >= 11 is 0. The van der Waals surface area contributed by atoms with Gasteiger partial charge in [-0.3, -0.25) is 0 Å². The zero-order valence-corrected chi connectivity index (χ0v) is 32.0. The van der Waals surface area contributed by atoms with Crippen molar-refractivity contribution in [2.75, 3.05) is 4.90 Å². The molecule has 0 saturated carbocycles. The zero-order valence-electron chi connectivity index (χ0n) is 32.0. The minimum atomic E-state index is -0.429. The molecule has 0 fully saturated rings. The topological polar surface area (TPSA) is 21.7 Å². The van der Waals surface area contributed by atoms with Gasteiger partial charge in [-0.2, -0.15) is 0 Å². The van der Waals surface area contributed by atoms with Gasteiger partial charge in [0, 0.05) is 44.4 Å². The molecule has 264 valence electrons. The molecular formula is C50H47NO2. The molecule has 0 amide bonds. The molecule has 0 aromatic heterocycles. The molecule has 8 rings (SSSR count). The Hall–Kier alpha value is -5.80. The summed E-state index contributed by atoms with van der Waals surface area (Å²) in [6.45, 7) is 17.0. The molecule has 0 N–H and O–H groups in total. The lowest BCUT2D eigenvalue weighted by atomic mass is 9.88. The standard InChI is InChI=1S/C50H47NO2/c1-32-15-19-34(20-16-32)21-22-35-23-28-38(29-24-35)51(37-26-17-33(2)18-27-37)42-31-44(53-50(6,7)8)48-40-13-9-11-36-25-30-43(52-49(3,4)5)47(45(36)40)41-14-10-12-39(42)46(41)48/h9-31H,1-8H3. The third kappa shape index (κ3) is 6.68. The van der Waals surface area contributed by atoms with E-state index in [1.165, 1.54) is 32.8 Å². The molecule has 53 heavy (non-hydrogen) atoms. The van der Waals surface area contributed by atoms with E-state index in [1.807, 2.05) is 0 Å². The van der Waals surface area contributed by atoms with Crippen LogP contribution in [0.1, 0.15) is 63.8 Å². The molecule has 0 bridgehead atoms. The van der Waals surface area contributed by atoms with Gasteiger partial charge in [-0.1, -0.05) is 114 Å². The Labute approximate surface area is 313 Å². The Balaban J connectivity index is 1.41. The van der Waals surface area contributed by atoms with Gasteiger partial charge < -0.3 is 14.4 Å². The molecular weight excluding hydrogens is 647 g/mol. The number of aryl methyl sites for hydroxylation is 2. The van der Waals surface area contributed by atoms with E-state index in [1.54, 1.807) is 0 Å². The monoisotopic (exact) mass is 693 g/mol. The second kappa shape index (κ2) is 13.0. The van der Waals surface area contributed by atoms with Crippen LogP contribution in [-0.2, 0) is 0 Å². The summed E-state index contributed by atoms with van der Waals surface area (Å²) in [7, 11) is 0. The highest BCUT2D eigenvalue weighted by Gasteiger charge is 2.27. The first-order chi connectivity index (χ1) is 25.3. The zero-order chi connectivity index (χ0) is 37.1. The van der Waals surface area contributed by atoms with Crippen molar-refractivity contribution in [1.82, 2.24) is 0 Å². The van der Waals surface area contributed by atoms with Gasteiger partial charge in [0.15, 0.2) is 0 Å². The summed E-state index contributed by atoms with van der Waals surface area (Å²) in [5, 5.41) is 9.28. The molecule has 8 aromatic carbocycles. The summed E-state index contributed by atoms with van der Waals surface area (Å²) in [4.78, 5) is 2.37. The van der Waals surface area contributed by atoms with Crippen molar-refractivity contribution in [3.63, 3.8) is 0 Å². The molecule has 0 aliphatic heterocycles. The predicted molar refractivity (Wildman–Crippen MR) is 228 cm³/mol. The van der Waals surface area contributed by atoms with Crippen LogP contribution in [-0.4, -0.2) is 11.2 Å². The number of ether oxygens (including phenoxy) is 2. The molecule has 0 heterocycles. The van der Waals surface area contributed by atoms with E-state index in [2.05, 4.69) is 200 Å². The maximum absolute atomic E-state index is 6.99. The number of hydrogen-bond acceptors (Lipinski definition) is 3. The van der Waals surface area contributed by atoms with E-state index in [-0.39, 0.29) is 5.60 Å². The van der Waals surface area contributed by atoms with Gasteiger partial charge >= 0.3 is 0 Å². The first-order valence-corrected chi connectivity index (χ1v) is 18.6. The smallest absolute Gasteiger partial charge is 0.130 e. The largest absolute Gasteiger partial charge is 0.487 e. The summed E-state index contributed by atoms with van der Waals surface area (Å²) < 4.78 is 13.7. The van der Waals surface area contributed by atoms with Crippen LogP contribution in [0, 0.1) is 13.8 Å². The SMILES string of the molecule is Cc1ccc(C=Cc2ccc(N(c3ccc(C)cc3)c3cc(OC(C)(C)C)c4c5cccc6ccc(OC(C)(C)C)c(c7cccc3c74)c65)cc2)cc1. The first-order valence-electron chi connectivity index (χ1n) is 18.6. The lowest BCUT2D eigenvalue weighted by Gasteiger charge is -2.31. The van der Waals surface area contributed by atoms with Crippen molar-refractivity contribution < 1.29 is 9.47 Å². The first kappa shape index (κ1) is 34.3. The molecule has 8 aromatic rings. The fourth-order valence-electron chi connectivity index (χ4n) is 7.48. The normalized spacial score (nSPS) is 12.5. The molecule has 0 saturated heterocycles. The van der Waals surface area contributed by atoms with Crippen LogP contribution in [0.5, 0.6) is 11.5 Å². The number of rotatable bonds is 7. The minimum Gasteiger partial charge on any atom is -0.487 e. The van der Waals surface area contributed by atoms with Gasteiger partial charge in [0.25, 0.3) is 0 Å². The average Bonchev–Trinajstić information content (AvgIpc) is 3.11. The van der Waals surface area contributed by atoms with Crippen LogP contribution < -0.4 is 14.4 Å². The van der Waals surface area contributed by atoms with Crippen molar-refractivity contribution in [1.29, 1.82) is 0 Å². The minimum absolute atomic E-state index is 0.362. The van der Waals surface area contributed by atoms with Crippen LogP contribution in [0.4, 0.5) is 17.1 Å². The third-order valence-electron chi connectivity index (χ3n) is 9.71. The predicted octanol–water partition coefficient (Wildman–Crippen LogP) is 14.3. The Kier molecular flexibility index (Phi) is 8.41. The number of nitrogens with zero attached hydrogens (tertiary/aromatic N) is 1.